The number of amides is 1. The van der Waals surface area contributed by atoms with Gasteiger partial charge in [0.1, 0.15) is 12.6 Å². The number of nitrogens with zero attached hydrogens (tertiary/aromatic N) is 3. The largest absolute Gasteiger partial charge is 0.416 e. The number of benzene rings is 1. The van der Waals surface area contributed by atoms with Crippen molar-refractivity contribution >= 4 is 41.5 Å². The highest BCUT2D eigenvalue weighted by Gasteiger charge is 2.32. The Hall–Kier alpha value is -2.41. The molecule has 1 unspecified atom stereocenters. The average molecular weight is 563 g/mol. The van der Waals surface area contributed by atoms with Crippen LogP contribution in [0.1, 0.15) is 24.2 Å². The molecule has 1 aliphatic heterocycles. The van der Waals surface area contributed by atoms with Gasteiger partial charge in [-0.3, -0.25) is 9.78 Å². The van der Waals surface area contributed by atoms with E-state index in [-0.39, 0.29) is 36.4 Å². The molecule has 0 saturated carbocycles. The number of anilines is 1. The second-order valence-electron chi connectivity index (χ2n) is 6.89. The fraction of sp³-hybridized carbons (Fsp3) is 0.381. The zero-order valence-corrected chi connectivity index (χ0v) is 19.8. The van der Waals surface area contributed by atoms with Crippen LogP contribution in [-0.2, 0) is 15.7 Å². The van der Waals surface area contributed by atoms with E-state index in [1.165, 1.54) is 12.3 Å². The number of aromatic nitrogens is 1. The van der Waals surface area contributed by atoms with E-state index in [0.717, 1.165) is 12.1 Å². The van der Waals surface area contributed by atoms with E-state index in [4.69, 9.17) is 4.74 Å². The van der Waals surface area contributed by atoms with Crippen molar-refractivity contribution in [2.75, 3.05) is 38.1 Å². The summed E-state index contributed by atoms with van der Waals surface area (Å²) in [7, 11) is 0. The van der Waals surface area contributed by atoms with Gasteiger partial charge < -0.3 is 20.3 Å². The second kappa shape index (κ2) is 12.0. The zero-order chi connectivity index (χ0) is 22.3. The highest BCUT2D eigenvalue weighted by molar-refractivity contribution is 14.0. The fourth-order valence-corrected chi connectivity index (χ4v) is 3.17. The van der Waals surface area contributed by atoms with Gasteiger partial charge in [0.15, 0.2) is 5.96 Å². The lowest BCUT2D eigenvalue weighted by Gasteiger charge is -2.35. The van der Waals surface area contributed by atoms with Gasteiger partial charge in [-0.1, -0.05) is 12.1 Å². The maximum Gasteiger partial charge on any atom is 0.416 e. The molecule has 1 aliphatic rings. The van der Waals surface area contributed by atoms with Gasteiger partial charge in [-0.25, -0.2) is 4.99 Å². The van der Waals surface area contributed by atoms with E-state index in [2.05, 4.69) is 20.6 Å². The number of nitrogens with one attached hydrogen (secondary N) is 2. The van der Waals surface area contributed by atoms with Gasteiger partial charge in [0, 0.05) is 19.3 Å². The number of morpholine rings is 1. The predicted octanol–water partition coefficient (Wildman–Crippen LogP) is 3.70. The number of hydrogen-bond acceptors (Lipinski definition) is 4. The molecule has 1 atom stereocenters. The summed E-state index contributed by atoms with van der Waals surface area (Å²) in [5.74, 6) is 0.204. The van der Waals surface area contributed by atoms with E-state index in [0.29, 0.717) is 43.5 Å². The lowest BCUT2D eigenvalue weighted by atomic mass is 10.0. The number of alkyl halides is 3. The molecule has 2 aromatic rings. The molecular weight excluding hydrogens is 538 g/mol. The molecule has 1 saturated heterocycles. The summed E-state index contributed by atoms with van der Waals surface area (Å²) in [5.41, 5.74) is 0.312. The molecule has 0 bridgehead atoms. The first-order valence-electron chi connectivity index (χ1n) is 9.88. The normalized spacial score (nSPS) is 16.8. The van der Waals surface area contributed by atoms with Crippen molar-refractivity contribution in [2.45, 2.75) is 19.2 Å². The van der Waals surface area contributed by atoms with Crippen molar-refractivity contribution in [3.05, 3.63) is 59.9 Å². The number of carbonyl (C=O) groups is 1. The number of rotatable bonds is 5. The van der Waals surface area contributed by atoms with E-state index >= 15 is 0 Å². The third-order valence-electron chi connectivity index (χ3n) is 4.60. The van der Waals surface area contributed by atoms with Crippen molar-refractivity contribution in [1.82, 2.24) is 15.2 Å². The number of hydrogen-bond donors (Lipinski definition) is 2. The SMILES string of the molecule is CCNC(=NCC(=O)Nc1cccnc1)N1CCOC(c2cccc(C(F)(F)F)c2)C1.I. The topological polar surface area (TPSA) is 78.8 Å². The van der Waals surface area contributed by atoms with Crippen molar-refractivity contribution in [3.8, 4) is 0 Å². The van der Waals surface area contributed by atoms with Crippen LogP contribution < -0.4 is 10.6 Å². The average Bonchev–Trinajstić information content (AvgIpc) is 2.77. The summed E-state index contributed by atoms with van der Waals surface area (Å²) < 4.78 is 44.9. The van der Waals surface area contributed by atoms with Crippen LogP contribution in [0.3, 0.4) is 0 Å². The molecule has 0 radical (unpaired) electrons. The van der Waals surface area contributed by atoms with Gasteiger partial charge in [-0.05, 0) is 36.8 Å². The van der Waals surface area contributed by atoms with Gasteiger partial charge in [0.25, 0.3) is 0 Å². The van der Waals surface area contributed by atoms with Crippen LogP contribution in [0.25, 0.3) is 0 Å². The quantitative estimate of drug-likeness (QED) is 0.330. The number of pyridine rings is 1. The van der Waals surface area contributed by atoms with Crippen molar-refractivity contribution in [1.29, 1.82) is 0 Å². The Labute approximate surface area is 201 Å². The minimum absolute atomic E-state index is 0. The summed E-state index contributed by atoms with van der Waals surface area (Å²) >= 11 is 0. The molecule has 2 heterocycles. The minimum Gasteiger partial charge on any atom is -0.370 e. The number of halogens is 4. The third-order valence-corrected chi connectivity index (χ3v) is 4.60. The van der Waals surface area contributed by atoms with Gasteiger partial charge in [-0.2, -0.15) is 13.2 Å². The molecule has 2 N–H and O–H groups in total. The molecule has 1 amide bonds. The van der Waals surface area contributed by atoms with Crippen LogP contribution >= 0.6 is 24.0 Å². The van der Waals surface area contributed by atoms with E-state index in [1.54, 1.807) is 24.4 Å². The van der Waals surface area contributed by atoms with Crippen molar-refractivity contribution in [3.63, 3.8) is 0 Å². The van der Waals surface area contributed by atoms with Gasteiger partial charge in [-0.15, -0.1) is 24.0 Å². The molecule has 0 spiro atoms. The van der Waals surface area contributed by atoms with E-state index < -0.39 is 17.8 Å². The lowest BCUT2D eigenvalue weighted by molar-refractivity contribution is -0.137. The maximum absolute atomic E-state index is 13.1. The van der Waals surface area contributed by atoms with Crippen LogP contribution in [0.5, 0.6) is 0 Å². The van der Waals surface area contributed by atoms with Crippen molar-refractivity contribution < 1.29 is 22.7 Å². The lowest BCUT2D eigenvalue weighted by Crippen LogP contribution is -2.48. The van der Waals surface area contributed by atoms with Crippen LogP contribution in [-0.4, -0.2) is 54.5 Å². The minimum atomic E-state index is -4.41. The highest BCUT2D eigenvalue weighted by Crippen LogP contribution is 2.32. The number of ether oxygens (including phenoxy) is 1. The van der Waals surface area contributed by atoms with Gasteiger partial charge in [0.05, 0.1) is 30.6 Å². The Morgan fingerprint density at radius 2 is 2.12 bits per heavy atom. The summed E-state index contributed by atoms with van der Waals surface area (Å²) in [5, 5.41) is 5.84. The first kappa shape index (κ1) is 25.8. The molecule has 3 rings (SSSR count). The molecule has 32 heavy (non-hydrogen) atoms. The summed E-state index contributed by atoms with van der Waals surface area (Å²) in [6.45, 7) is 3.52. The molecule has 174 valence electrons. The second-order valence-corrected chi connectivity index (χ2v) is 6.89. The van der Waals surface area contributed by atoms with Crippen LogP contribution in [0, 0.1) is 0 Å². The smallest absolute Gasteiger partial charge is 0.370 e. The Balaban J connectivity index is 0.00000363. The third kappa shape index (κ3) is 7.33. The standard InChI is InChI=1S/C21H24F3N5O2.HI/c1-2-26-20(27-13-19(30)28-17-7-4-8-25-12-17)29-9-10-31-18(14-29)15-5-3-6-16(11-15)21(22,23)24;/h3-8,11-12,18H,2,9-10,13-14H2,1H3,(H,26,27)(H,28,30);1H. The molecule has 7 nitrogen and oxygen atoms in total. The Kier molecular flexibility index (Phi) is 9.69. The molecule has 1 fully saturated rings. The monoisotopic (exact) mass is 563 g/mol. The van der Waals surface area contributed by atoms with Gasteiger partial charge >= 0.3 is 6.18 Å². The van der Waals surface area contributed by atoms with E-state index in [9.17, 15) is 18.0 Å². The van der Waals surface area contributed by atoms with Crippen LogP contribution in [0.15, 0.2) is 53.8 Å². The maximum atomic E-state index is 13.1. The first-order valence-corrected chi connectivity index (χ1v) is 9.88. The van der Waals surface area contributed by atoms with Gasteiger partial charge in [0.2, 0.25) is 5.91 Å². The summed E-state index contributed by atoms with van der Waals surface area (Å²) in [6, 6.07) is 8.58. The van der Waals surface area contributed by atoms with Crippen LogP contribution in [0.4, 0.5) is 18.9 Å². The van der Waals surface area contributed by atoms with Crippen LogP contribution in [0.2, 0.25) is 0 Å². The first-order chi connectivity index (χ1) is 14.9. The summed E-state index contributed by atoms with van der Waals surface area (Å²) in [6.07, 6.45) is -1.81. The number of guanidine groups is 1. The Bertz CT molecular complexity index is 912. The molecule has 11 heteroatoms. The molecule has 0 aliphatic carbocycles. The van der Waals surface area contributed by atoms with Crippen molar-refractivity contribution in [2.24, 2.45) is 4.99 Å². The Morgan fingerprint density at radius 1 is 1.31 bits per heavy atom. The fourth-order valence-electron chi connectivity index (χ4n) is 3.17. The highest BCUT2D eigenvalue weighted by atomic mass is 127. The zero-order valence-electron chi connectivity index (χ0n) is 17.4. The molecule has 1 aromatic heterocycles. The Morgan fingerprint density at radius 3 is 2.81 bits per heavy atom. The van der Waals surface area contributed by atoms with E-state index in [1.807, 2.05) is 11.8 Å². The summed E-state index contributed by atoms with van der Waals surface area (Å²) in [4.78, 5) is 22.4. The number of aliphatic imine (C=N–C) groups is 1. The number of carbonyl (C=O) groups excluding carboxylic acids is 1. The molecule has 1 aromatic carbocycles. The molecular formula is C21H25F3IN5O2. The predicted molar refractivity (Wildman–Crippen MR) is 126 cm³/mol.